The molecule has 0 aliphatic carbocycles. The van der Waals surface area contributed by atoms with Gasteiger partial charge in [-0.15, -0.1) is 0 Å². The molecule has 0 aliphatic heterocycles. The summed E-state index contributed by atoms with van der Waals surface area (Å²) < 4.78 is 16.3. The summed E-state index contributed by atoms with van der Waals surface area (Å²) in [5.74, 6) is 0. The van der Waals surface area contributed by atoms with Gasteiger partial charge in [-0.3, -0.25) is 0 Å². The topological polar surface area (TPSA) is 80.4 Å². The van der Waals surface area contributed by atoms with Crippen molar-refractivity contribution in [2.45, 2.75) is 0 Å². The second-order valence-electron chi connectivity index (χ2n) is 22.8. The van der Waals surface area contributed by atoms with Crippen LogP contribution in [-0.4, -0.2) is 18.3 Å². The summed E-state index contributed by atoms with van der Waals surface area (Å²) in [6.07, 6.45) is 0. The van der Waals surface area contributed by atoms with E-state index < -0.39 is 0 Å². The molecule has 0 unspecified atom stereocenters. The average molecular weight is 1110 g/mol. The van der Waals surface area contributed by atoms with Gasteiger partial charge in [0.05, 0.1) is 66.9 Å². The number of furan rings is 1. The Balaban J connectivity index is 1.07. The highest BCUT2D eigenvalue weighted by Crippen LogP contribution is 2.51. The zero-order chi connectivity index (χ0) is 57.2. The lowest BCUT2D eigenvalue weighted by Crippen LogP contribution is -2.16. The van der Waals surface area contributed by atoms with Crippen LogP contribution in [0.15, 0.2) is 271 Å². The molecule has 0 aliphatic rings. The first-order valence-electron chi connectivity index (χ1n) is 29.4. The van der Waals surface area contributed by atoms with E-state index in [2.05, 4.69) is 285 Å². The van der Waals surface area contributed by atoms with Gasteiger partial charge in [-0.1, -0.05) is 206 Å². The van der Waals surface area contributed by atoms with Crippen LogP contribution < -0.4 is 0 Å². The van der Waals surface area contributed by atoms with Gasteiger partial charge in [0.2, 0.25) is 0 Å². The van der Waals surface area contributed by atoms with Crippen LogP contribution in [0.25, 0.3) is 175 Å². The lowest BCUT2D eigenvalue weighted by Gasteiger charge is -2.27. The molecule has 0 N–H and O–H groups in total. The first kappa shape index (κ1) is 47.3. The van der Waals surface area contributed by atoms with Crippen LogP contribution in [0, 0.1) is 22.7 Å². The van der Waals surface area contributed by atoms with E-state index in [1.54, 1.807) is 0 Å². The minimum absolute atomic E-state index is 0.373. The number of nitriles is 2. The molecule has 5 heterocycles. The monoisotopic (exact) mass is 1100 g/mol. The van der Waals surface area contributed by atoms with Crippen molar-refractivity contribution in [1.82, 2.24) is 18.3 Å². The van der Waals surface area contributed by atoms with E-state index in [9.17, 15) is 10.5 Å². The number of aromatic nitrogens is 4. The highest BCUT2D eigenvalue weighted by Gasteiger charge is 2.35. The van der Waals surface area contributed by atoms with Gasteiger partial charge >= 0.3 is 0 Å². The highest BCUT2D eigenvalue weighted by atomic mass is 16.3. The Kier molecular flexibility index (Phi) is 9.62. The summed E-state index contributed by atoms with van der Waals surface area (Å²) in [4.78, 5) is 0. The van der Waals surface area contributed by atoms with Crippen molar-refractivity contribution in [1.29, 1.82) is 10.5 Å². The van der Waals surface area contributed by atoms with E-state index in [4.69, 9.17) is 4.42 Å². The molecule has 0 bridgehead atoms. The van der Waals surface area contributed by atoms with Crippen LogP contribution in [0.5, 0.6) is 0 Å². The second-order valence-corrected chi connectivity index (χ2v) is 22.8. The zero-order valence-electron chi connectivity index (χ0n) is 46.5. The van der Waals surface area contributed by atoms with Gasteiger partial charge in [0.25, 0.3) is 0 Å². The molecule has 0 radical (unpaired) electrons. The molecule has 400 valence electrons. The van der Waals surface area contributed by atoms with Crippen LogP contribution in [0.1, 0.15) is 11.1 Å². The maximum Gasteiger partial charge on any atom is 0.160 e. The maximum atomic E-state index is 13.0. The molecule has 0 spiro atoms. The fraction of sp³-hybridized carbons (Fsp3) is 0. The summed E-state index contributed by atoms with van der Waals surface area (Å²) in [7, 11) is 0. The zero-order valence-corrected chi connectivity index (χ0v) is 46.5. The number of fused-ring (bicyclic) bond motifs is 22. The van der Waals surface area contributed by atoms with Gasteiger partial charge in [0.15, 0.2) is 5.58 Å². The van der Waals surface area contributed by atoms with Crippen molar-refractivity contribution < 1.29 is 4.42 Å². The first-order valence-corrected chi connectivity index (χ1v) is 29.4. The third kappa shape index (κ3) is 6.25. The SMILES string of the molecule is N#Cc1c(-n2c3ccccc3c3ccccc32)c(-n2c3ccccc3c3ccccc32)c(C#N)c(-n2c3ccc(-c4cccc5c6ccccc6c6ccccc6c45)cc3c3ccc4c5ccccc5oc4c32)c1-n1c2ccccc2c2ccccc21. The van der Waals surface area contributed by atoms with Crippen molar-refractivity contribution in [2.75, 3.05) is 0 Å². The third-order valence-corrected chi connectivity index (χ3v) is 18.6. The predicted molar refractivity (Wildman–Crippen MR) is 358 cm³/mol. The normalized spacial score (nSPS) is 12.1. The largest absolute Gasteiger partial charge is 0.454 e. The Morgan fingerprint density at radius 1 is 0.264 bits per heavy atom. The lowest BCUT2D eigenvalue weighted by atomic mass is 9.89. The highest BCUT2D eigenvalue weighted by molar-refractivity contribution is 6.29. The van der Waals surface area contributed by atoms with Gasteiger partial charge in [-0.2, -0.15) is 10.5 Å². The Morgan fingerprint density at radius 2 is 0.609 bits per heavy atom. The quantitative estimate of drug-likeness (QED) is 0.161. The van der Waals surface area contributed by atoms with Crippen molar-refractivity contribution in [2.24, 2.45) is 0 Å². The fourth-order valence-electron chi connectivity index (χ4n) is 15.1. The average Bonchev–Trinajstić information content (AvgIpc) is 1.64. The molecule has 0 amide bonds. The summed E-state index contributed by atoms with van der Waals surface area (Å²) in [6.45, 7) is 0. The van der Waals surface area contributed by atoms with Crippen molar-refractivity contribution in [3.8, 4) is 46.0 Å². The Bertz CT molecular complexity index is 6160. The van der Waals surface area contributed by atoms with E-state index in [0.29, 0.717) is 39.5 Å². The minimum atomic E-state index is 0.373. The summed E-state index contributed by atoms with van der Waals surface area (Å²) in [5, 5.41) is 43.1. The molecule has 5 aromatic heterocycles. The van der Waals surface area contributed by atoms with Crippen LogP contribution in [-0.2, 0) is 0 Å². The molecule has 19 rings (SSSR count). The van der Waals surface area contributed by atoms with E-state index in [-0.39, 0.29) is 0 Å². The molecule has 14 aromatic carbocycles. The minimum Gasteiger partial charge on any atom is -0.454 e. The first-order chi connectivity index (χ1) is 43.2. The molecule has 87 heavy (non-hydrogen) atoms. The molecule has 7 nitrogen and oxygen atoms in total. The Morgan fingerprint density at radius 3 is 1.06 bits per heavy atom. The van der Waals surface area contributed by atoms with Gasteiger partial charge in [-0.25, -0.2) is 0 Å². The number of hydrogen-bond donors (Lipinski definition) is 0. The van der Waals surface area contributed by atoms with Crippen molar-refractivity contribution in [3.05, 3.63) is 278 Å². The summed E-state index contributed by atoms with van der Waals surface area (Å²) in [6, 6.07) is 100. The molecule has 0 atom stereocenters. The number of nitrogens with zero attached hydrogens (tertiary/aromatic N) is 6. The Hall–Kier alpha value is -12.2. The van der Waals surface area contributed by atoms with Gasteiger partial charge in [0.1, 0.15) is 28.8 Å². The van der Waals surface area contributed by atoms with Crippen molar-refractivity contribution in [3.63, 3.8) is 0 Å². The number of para-hydroxylation sites is 7. The van der Waals surface area contributed by atoms with E-state index >= 15 is 0 Å². The van der Waals surface area contributed by atoms with Gasteiger partial charge in [0, 0.05) is 53.9 Å². The third-order valence-electron chi connectivity index (χ3n) is 18.6. The van der Waals surface area contributed by atoms with E-state index in [1.807, 2.05) is 12.1 Å². The molecule has 7 heteroatoms. The second kappa shape index (κ2) is 17.7. The molecule has 0 fully saturated rings. The standard InChI is InChI=1S/C80H44N6O/c81-45-64-75(83-66-33-12-5-23-52(66)53-24-6-13-34-67(53)83)76(84-68-35-14-7-25-54(68)55-26-8-15-36-69(55)84)65(46-82)78(77(64)85-70-37-16-9-27-56(70)57-28-10-17-38-71(57)85)86-72-43-40-47(44-63(72)61-41-42-62-58-29-11-18-39-73(58)87-80(62)79(61)86)48-31-19-32-60-51-21-2-1-20-49(51)50-22-3-4-30-59(50)74(48)60/h1-44H. The number of hydrogen-bond acceptors (Lipinski definition) is 3. The number of rotatable bonds is 5. The van der Waals surface area contributed by atoms with Crippen LogP contribution in [0.3, 0.4) is 0 Å². The van der Waals surface area contributed by atoms with Crippen molar-refractivity contribution >= 4 is 141 Å². The summed E-state index contributed by atoms with van der Waals surface area (Å²) in [5.41, 5.74) is 13.7. The van der Waals surface area contributed by atoms with Gasteiger partial charge in [-0.05, 0) is 104 Å². The molecular formula is C80H44N6O. The lowest BCUT2D eigenvalue weighted by molar-refractivity contribution is 0.671. The molecular weight excluding hydrogens is 1060 g/mol. The van der Waals surface area contributed by atoms with Crippen LogP contribution in [0.2, 0.25) is 0 Å². The Labute approximate surface area is 496 Å². The molecule has 0 saturated carbocycles. The van der Waals surface area contributed by atoms with E-state index in [1.165, 1.54) is 32.3 Å². The van der Waals surface area contributed by atoms with Crippen LogP contribution in [0.4, 0.5) is 0 Å². The van der Waals surface area contributed by atoms with E-state index in [0.717, 1.165) is 115 Å². The predicted octanol–water partition coefficient (Wildman–Crippen LogP) is 20.8. The molecule has 19 aromatic rings. The maximum absolute atomic E-state index is 13.0. The number of benzene rings is 14. The van der Waals surface area contributed by atoms with Crippen LogP contribution >= 0.6 is 0 Å². The fourth-order valence-corrected chi connectivity index (χ4v) is 15.1. The van der Waals surface area contributed by atoms with Gasteiger partial charge < -0.3 is 22.7 Å². The summed E-state index contributed by atoms with van der Waals surface area (Å²) >= 11 is 0. The molecule has 0 saturated heterocycles. The smallest absolute Gasteiger partial charge is 0.160 e.